The molecule has 1 aliphatic rings. The summed E-state index contributed by atoms with van der Waals surface area (Å²) in [6, 6.07) is 6.80. The number of rotatable bonds is 7. The molecule has 0 amide bonds. The Labute approximate surface area is 166 Å². The van der Waals surface area contributed by atoms with E-state index in [1.807, 2.05) is 0 Å². The van der Waals surface area contributed by atoms with Gasteiger partial charge in [0.15, 0.2) is 5.69 Å². The molecule has 0 aliphatic carbocycles. The van der Waals surface area contributed by atoms with Crippen molar-refractivity contribution in [2.75, 3.05) is 18.0 Å². The van der Waals surface area contributed by atoms with Gasteiger partial charge in [0.2, 0.25) is 5.82 Å². The van der Waals surface area contributed by atoms with Crippen LogP contribution in [-0.2, 0) is 16.0 Å². The maximum absolute atomic E-state index is 11.8. The van der Waals surface area contributed by atoms with Gasteiger partial charge in [0.05, 0.1) is 10.8 Å². The number of nitrogens with zero attached hydrogens (tertiary/aromatic N) is 4. The second-order valence-corrected chi connectivity index (χ2v) is 6.84. The minimum Gasteiger partial charge on any atom is -0.481 e. The predicted octanol–water partition coefficient (Wildman–Crippen LogP) is 2.37. The van der Waals surface area contributed by atoms with Gasteiger partial charge in [-0.05, 0) is 24.8 Å². The Hall–Kier alpha value is -3.56. The Balaban J connectivity index is 1.89. The Kier molecular flexibility index (Phi) is 6.01. The van der Waals surface area contributed by atoms with E-state index in [2.05, 4.69) is 9.97 Å². The number of nitro groups is 1. The lowest BCUT2D eigenvalue weighted by molar-refractivity contribution is -0.383. The third-order valence-electron chi connectivity index (χ3n) is 4.98. The molecule has 1 fully saturated rings. The van der Waals surface area contributed by atoms with Gasteiger partial charge in [-0.3, -0.25) is 19.7 Å². The molecule has 3 rings (SSSR count). The molecule has 1 aliphatic heterocycles. The van der Waals surface area contributed by atoms with Gasteiger partial charge in [0, 0.05) is 25.1 Å². The lowest BCUT2D eigenvalue weighted by Crippen LogP contribution is -2.37. The second kappa shape index (κ2) is 8.63. The highest BCUT2D eigenvalue weighted by Crippen LogP contribution is 2.36. The number of aliphatic carboxylic acids is 2. The summed E-state index contributed by atoms with van der Waals surface area (Å²) < 4.78 is 0. The Bertz CT molecular complexity index is 923. The van der Waals surface area contributed by atoms with Crippen LogP contribution in [0.25, 0.3) is 11.3 Å². The van der Waals surface area contributed by atoms with Crippen molar-refractivity contribution in [1.82, 2.24) is 9.97 Å². The zero-order valence-electron chi connectivity index (χ0n) is 15.5. The zero-order valence-corrected chi connectivity index (χ0v) is 15.5. The fourth-order valence-electron chi connectivity index (χ4n) is 3.40. The predicted molar refractivity (Wildman–Crippen MR) is 103 cm³/mol. The molecule has 0 spiro atoms. The number of hydrogen-bond acceptors (Lipinski definition) is 7. The smallest absolute Gasteiger partial charge is 0.337 e. The van der Waals surface area contributed by atoms with Gasteiger partial charge < -0.3 is 15.1 Å². The van der Waals surface area contributed by atoms with E-state index >= 15 is 0 Å². The monoisotopic (exact) mass is 400 g/mol. The molecule has 1 aromatic carbocycles. The number of aromatic nitrogens is 2. The van der Waals surface area contributed by atoms with Crippen molar-refractivity contribution in [2.45, 2.75) is 25.7 Å². The summed E-state index contributed by atoms with van der Waals surface area (Å²) in [5.41, 5.74) is 1.29. The molecule has 2 N–H and O–H groups in total. The van der Waals surface area contributed by atoms with Crippen molar-refractivity contribution < 1.29 is 24.7 Å². The first kappa shape index (κ1) is 20.2. The van der Waals surface area contributed by atoms with E-state index in [0.717, 1.165) is 5.56 Å². The highest BCUT2D eigenvalue weighted by Gasteiger charge is 2.31. The molecule has 0 saturated carbocycles. The van der Waals surface area contributed by atoms with E-state index < -0.39 is 22.8 Å². The van der Waals surface area contributed by atoms with Crippen LogP contribution < -0.4 is 4.90 Å². The lowest BCUT2D eigenvalue weighted by Gasteiger charge is -2.30. The van der Waals surface area contributed by atoms with Crippen LogP contribution in [0.3, 0.4) is 0 Å². The third kappa shape index (κ3) is 4.65. The van der Waals surface area contributed by atoms with Crippen LogP contribution in [0.15, 0.2) is 30.6 Å². The molecule has 2 aromatic rings. The number of anilines is 1. The minimum atomic E-state index is -0.892. The number of aryl methyl sites for hydroxylation is 1. The number of carboxylic acid groups (broad SMARTS) is 2. The molecule has 2 heterocycles. The number of benzene rings is 1. The molecule has 0 radical (unpaired) electrons. The Morgan fingerprint density at radius 1 is 1.14 bits per heavy atom. The molecule has 0 unspecified atom stereocenters. The maximum Gasteiger partial charge on any atom is 0.337 e. The van der Waals surface area contributed by atoms with Crippen molar-refractivity contribution in [2.24, 2.45) is 5.92 Å². The molecular weight excluding hydrogens is 380 g/mol. The average molecular weight is 400 g/mol. The van der Waals surface area contributed by atoms with E-state index in [0.29, 0.717) is 37.9 Å². The molecule has 10 heteroatoms. The van der Waals surface area contributed by atoms with E-state index in [1.54, 1.807) is 29.2 Å². The van der Waals surface area contributed by atoms with Crippen LogP contribution in [0.2, 0.25) is 0 Å². The van der Waals surface area contributed by atoms with Gasteiger partial charge in [-0.2, -0.15) is 0 Å². The standard InChI is InChI=1S/C19H20N4O6/c24-15(25)6-3-12-1-4-13(5-2-12)16-17(23(28)29)18(21-11-20-16)22-9-7-14(8-10-22)19(26)27/h1-2,4-5,11,14H,3,6-10H2,(H,24,25)(H,26,27). The fourth-order valence-corrected chi connectivity index (χ4v) is 3.40. The van der Waals surface area contributed by atoms with Gasteiger partial charge in [-0.25, -0.2) is 9.97 Å². The van der Waals surface area contributed by atoms with Crippen LogP contribution in [0.1, 0.15) is 24.8 Å². The van der Waals surface area contributed by atoms with Crippen LogP contribution in [0.5, 0.6) is 0 Å². The summed E-state index contributed by atoms with van der Waals surface area (Å²) in [4.78, 5) is 43.1. The minimum absolute atomic E-state index is 0.00342. The summed E-state index contributed by atoms with van der Waals surface area (Å²) >= 11 is 0. The molecule has 152 valence electrons. The van der Waals surface area contributed by atoms with Crippen molar-refractivity contribution in [3.05, 3.63) is 46.3 Å². The summed E-state index contributed by atoms with van der Waals surface area (Å²) in [5.74, 6) is -2.02. The topological polar surface area (TPSA) is 147 Å². The molecular formula is C19H20N4O6. The van der Waals surface area contributed by atoms with Crippen LogP contribution in [0.4, 0.5) is 11.5 Å². The molecule has 10 nitrogen and oxygen atoms in total. The number of piperidine rings is 1. The Morgan fingerprint density at radius 2 is 1.79 bits per heavy atom. The molecule has 0 atom stereocenters. The second-order valence-electron chi connectivity index (χ2n) is 6.84. The molecule has 1 saturated heterocycles. The highest BCUT2D eigenvalue weighted by molar-refractivity contribution is 5.78. The van der Waals surface area contributed by atoms with E-state index in [1.165, 1.54) is 6.33 Å². The zero-order chi connectivity index (χ0) is 21.0. The van der Waals surface area contributed by atoms with Crippen molar-refractivity contribution >= 4 is 23.4 Å². The number of carbonyl (C=O) groups is 2. The lowest BCUT2D eigenvalue weighted by atomic mass is 9.97. The van der Waals surface area contributed by atoms with E-state index in [4.69, 9.17) is 10.2 Å². The van der Waals surface area contributed by atoms with Gasteiger partial charge in [-0.1, -0.05) is 24.3 Å². The summed E-state index contributed by atoms with van der Waals surface area (Å²) in [6.45, 7) is 0.727. The average Bonchev–Trinajstić information content (AvgIpc) is 2.72. The maximum atomic E-state index is 11.8. The molecule has 1 aromatic heterocycles. The van der Waals surface area contributed by atoms with Crippen molar-refractivity contribution in [3.8, 4) is 11.3 Å². The SMILES string of the molecule is O=C(O)CCc1ccc(-c2ncnc(N3CCC(C(=O)O)CC3)c2[N+](=O)[O-])cc1. The van der Waals surface area contributed by atoms with Gasteiger partial charge in [0.1, 0.15) is 6.33 Å². The summed E-state index contributed by atoms with van der Waals surface area (Å²) in [6.07, 6.45) is 2.42. The highest BCUT2D eigenvalue weighted by atomic mass is 16.6. The fraction of sp³-hybridized carbons (Fsp3) is 0.368. The van der Waals surface area contributed by atoms with Gasteiger partial charge in [0.25, 0.3) is 0 Å². The largest absolute Gasteiger partial charge is 0.481 e. The van der Waals surface area contributed by atoms with E-state index in [9.17, 15) is 19.7 Å². The quantitative estimate of drug-likeness (QED) is 0.528. The van der Waals surface area contributed by atoms with Crippen molar-refractivity contribution in [1.29, 1.82) is 0 Å². The molecule has 29 heavy (non-hydrogen) atoms. The first-order chi connectivity index (χ1) is 13.9. The normalized spacial score (nSPS) is 14.6. The number of hydrogen-bond donors (Lipinski definition) is 2. The van der Waals surface area contributed by atoms with Crippen LogP contribution >= 0.6 is 0 Å². The van der Waals surface area contributed by atoms with Gasteiger partial charge >= 0.3 is 17.6 Å². The summed E-state index contributed by atoms with van der Waals surface area (Å²) in [5, 5.41) is 29.7. The summed E-state index contributed by atoms with van der Waals surface area (Å²) in [7, 11) is 0. The first-order valence-electron chi connectivity index (χ1n) is 9.15. The van der Waals surface area contributed by atoms with Gasteiger partial charge in [-0.15, -0.1) is 0 Å². The third-order valence-corrected chi connectivity index (χ3v) is 4.98. The Morgan fingerprint density at radius 3 is 2.34 bits per heavy atom. The van der Waals surface area contributed by atoms with E-state index in [-0.39, 0.29) is 23.6 Å². The van der Waals surface area contributed by atoms with Crippen LogP contribution in [-0.4, -0.2) is 50.1 Å². The van der Waals surface area contributed by atoms with Crippen LogP contribution in [0, 0.1) is 16.0 Å². The van der Waals surface area contributed by atoms with Crippen molar-refractivity contribution in [3.63, 3.8) is 0 Å². The molecule has 0 bridgehead atoms. The number of carboxylic acids is 2. The first-order valence-corrected chi connectivity index (χ1v) is 9.15.